The van der Waals surface area contributed by atoms with Crippen molar-refractivity contribution in [1.82, 2.24) is 20.2 Å². The van der Waals surface area contributed by atoms with Gasteiger partial charge in [0.15, 0.2) is 0 Å². The van der Waals surface area contributed by atoms with Crippen molar-refractivity contribution < 1.29 is 23.5 Å². The van der Waals surface area contributed by atoms with E-state index in [2.05, 4.69) is 69.1 Å². The van der Waals surface area contributed by atoms with Crippen molar-refractivity contribution >= 4 is 71.5 Å². The predicted molar refractivity (Wildman–Crippen MR) is 191 cm³/mol. The van der Waals surface area contributed by atoms with E-state index in [4.69, 9.17) is 9.47 Å². The lowest BCUT2D eigenvalue weighted by atomic mass is 10.2. The Balaban J connectivity index is 0.000000177. The van der Waals surface area contributed by atoms with E-state index in [9.17, 15) is 14.0 Å². The second-order valence-corrected chi connectivity index (χ2v) is 12.6. The molecule has 248 valence electrons. The first-order chi connectivity index (χ1) is 22.6. The van der Waals surface area contributed by atoms with Crippen LogP contribution in [0.1, 0.15) is 16.7 Å². The number of ether oxygens (including phenoxy) is 2. The zero-order valence-electron chi connectivity index (χ0n) is 26.1. The molecule has 10 nitrogen and oxygen atoms in total. The fraction of sp³-hybridized carbons (Fsp3) is 0.273. The lowest BCUT2D eigenvalue weighted by molar-refractivity contribution is 0.218. The molecule has 2 saturated heterocycles. The molecule has 2 aromatic heterocycles. The van der Waals surface area contributed by atoms with Gasteiger partial charge in [0.05, 0.1) is 18.7 Å². The SMILES string of the molecule is COc1cccc(CBr)c1.COc1cccc(CN2CCN(c3cc(C)c(Br)cn3)C2=O)c1.O=C1NCCN1c1cc(F)c(Br)cn1. The molecule has 0 atom stereocenters. The Labute approximate surface area is 298 Å². The number of hydrogen-bond acceptors (Lipinski definition) is 6. The largest absolute Gasteiger partial charge is 0.497 e. The van der Waals surface area contributed by atoms with Crippen molar-refractivity contribution in [2.45, 2.75) is 18.8 Å². The van der Waals surface area contributed by atoms with Crippen LogP contribution in [0, 0.1) is 12.7 Å². The van der Waals surface area contributed by atoms with Crippen LogP contribution in [0.3, 0.4) is 0 Å². The summed E-state index contributed by atoms with van der Waals surface area (Å²) in [7, 11) is 3.32. The number of aromatic nitrogens is 2. The molecule has 0 bridgehead atoms. The first-order valence-corrected chi connectivity index (χ1v) is 17.2. The minimum absolute atomic E-state index is 0.0120. The van der Waals surface area contributed by atoms with E-state index in [-0.39, 0.29) is 12.1 Å². The second kappa shape index (κ2) is 17.4. The van der Waals surface area contributed by atoms with Gasteiger partial charge in [-0.2, -0.15) is 0 Å². The van der Waals surface area contributed by atoms with Gasteiger partial charge in [-0.1, -0.05) is 40.2 Å². The van der Waals surface area contributed by atoms with E-state index < -0.39 is 5.82 Å². The fourth-order valence-electron chi connectivity index (χ4n) is 4.60. The Hall–Kier alpha value is -3.75. The van der Waals surface area contributed by atoms with Gasteiger partial charge in [-0.25, -0.2) is 23.9 Å². The summed E-state index contributed by atoms with van der Waals surface area (Å²) in [4.78, 5) is 37.1. The molecule has 2 aliphatic heterocycles. The summed E-state index contributed by atoms with van der Waals surface area (Å²) < 4.78 is 24.6. The molecule has 0 saturated carbocycles. The summed E-state index contributed by atoms with van der Waals surface area (Å²) in [6.07, 6.45) is 3.08. The van der Waals surface area contributed by atoms with Crippen molar-refractivity contribution in [2.75, 3.05) is 50.2 Å². The van der Waals surface area contributed by atoms with Crippen molar-refractivity contribution in [1.29, 1.82) is 0 Å². The number of rotatable bonds is 7. The average Bonchev–Trinajstić information content (AvgIpc) is 3.69. The molecule has 0 radical (unpaired) electrons. The molecule has 4 heterocycles. The summed E-state index contributed by atoms with van der Waals surface area (Å²) in [5.74, 6) is 2.33. The van der Waals surface area contributed by atoms with Gasteiger partial charge in [0.2, 0.25) is 0 Å². The van der Waals surface area contributed by atoms with Crippen LogP contribution in [0.5, 0.6) is 11.5 Å². The van der Waals surface area contributed by atoms with Crippen LogP contribution in [-0.4, -0.2) is 67.3 Å². The fourth-order valence-corrected chi connectivity index (χ4v) is 5.39. The zero-order chi connectivity index (χ0) is 33.9. The molecule has 2 aromatic carbocycles. The maximum atomic E-state index is 13.1. The number of aryl methyl sites for hydroxylation is 1. The van der Waals surface area contributed by atoms with Crippen LogP contribution >= 0.6 is 47.8 Å². The van der Waals surface area contributed by atoms with Gasteiger partial charge in [0, 0.05) is 61.0 Å². The van der Waals surface area contributed by atoms with E-state index >= 15 is 0 Å². The highest BCUT2D eigenvalue weighted by Gasteiger charge is 2.30. The van der Waals surface area contributed by atoms with Gasteiger partial charge in [0.1, 0.15) is 29.0 Å². The number of benzene rings is 2. The summed E-state index contributed by atoms with van der Waals surface area (Å²) in [5, 5.41) is 3.49. The molecule has 0 unspecified atom stereocenters. The molecular weight excluding hydrogens is 803 g/mol. The molecule has 14 heteroatoms. The Kier molecular flexibility index (Phi) is 13.4. The van der Waals surface area contributed by atoms with E-state index in [1.807, 2.05) is 60.4 Å². The number of nitrogens with one attached hydrogen (secondary N) is 1. The van der Waals surface area contributed by atoms with Crippen molar-refractivity contribution in [2.24, 2.45) is 0 Å². The number of nitrogens with zero attached hydrogens (tertiary/aromatic N) is 5. The second-order valence-electron chi connectivity index (χ2n) is 10.3. The quantitative estimate of drug-likeness (QED) is 0.192. The van der Waals surface area contributed by atoms with Crippen LogP contribution in [-0.2, 0) is 11.9 Å². The number of carbonyl (C=O) groups excluding carboxylic acids is 2. The van der Waals surface area contributed by atoms with Crippen molar-refractivity contribution in [3.05, 3.63) is 105 Å². The molecule has 0 spiro atoms. The summed E-state index contributed by atoms with van der Waals surface area (Å²) >= 11 is 9.80. The van der Waals surface area contributed by atoms with Gasteiger partial charge in [-0.05, 0) is 85.8 Å². The van der Waals surface area contributed by atoms with E-state index in [0.29, 0.717) is 48.8 Å². The van der Waals surface area contributed by atoms with Gasteiger partial charge < -0.3 is 19.7 Å². The average molecular weight is 837 g/mol. The normalized spacial score (nSPS) is 13.8. The third kappa shape index (κ3) is 9.88. The first-order valence-electron chi connectivity index (χ1n) is 14.5. The molecule has 2 fully saturated rings. The lowest BCUT2D eigenvalue weighted by Gasteiger charge is -2.18. The van der Waals surface area contributed by atoms with Gasteiger partial charge in [-0.15, -0.1) is 0 Å². The Morgan fingerprint density at radius 2 is 1.45 bits per heavy atom. The molecule has 1 N–H and O–H groups in total. The Morgan fingerprint density at radius 1 is 0.830 bits per heavy atom. The third-order valence-corrected chi connectivity index (χ3v) is 9.19. The zero-order valence-corrected chi connectivity index (χ0v) is 30.8. The number of amides is 4. The van der Waals surface area contributed by atoms with Crippen LogP contribution < -0.4 is 24.6 Å². The number of methoxy groups -OCH3 is 2. The number of pyridine rings is 2. The van der Waals surface area contributed by atoms with Crippen molar-refractivity contribution in [3.63, 3.8) is 0 Å². The molecule has 4 amide bonds. The highest BCUT2D eigenvalue weighted by Crippen LogP contribution is 2.25. The summed E-state index contributed by atoms with van der Waals surface area (Å²) in [5.41, 5.74) is 3.35. The first kappa shape index (κ1) is 36.1. The van der Waals surface area contributed by atoms with E-state index in [1.54, 1.807) is 25.3 Å². The minimum Gasteiger partial charge on any atom is -0.497 e. The molecule has 6 rings (SSSR count). The number of halogens is 4. The molecule has 4 aromatic rings. The number of carbonyl (C=O) groups is 2. The molecule has 2 aliphatic rings. The smallest absolute Gasteiger partial charge is 0.326 e. The van der Waals surface area contributed by atoms with E-state index in [0.717, 1.165) is 32.4 Å². The monoisotopic (exact) mass is 834 g/mol. The van der Waals surface area contributed by atoms with Gasteiger partial charge in [0.25, 0.3) is 0 Å². The molecule has 0 aliphatic carbocycles. The molecular formula is C33H34Br3FN6O4. The van der Waals surface area contributed by atoms with Crippen LogP contribution in [0.4, 0.5) is 25.6 Å². The standard InChI is InChI=1S/C17H18BrN3O2.C8H7BrFN3O.C8H9BrO/c1-12-8-16(19-10-15(12)18)21-7-6-20(17(21)22)11-13-4-3-5-14(9-13)23-2;9-5-4-12-7(3-6(5)10)13-2-1-11-8(13)14;1-10-8-4-2-3-7(5-8)6-9/h3-5,8-10H,6-7,11H2,1-2H3;3-4H,1-2H2,(H,11,14);2-5H,6H2,1H3. The number of urea groups is 2. The predicted octanol–water partition coefficient (Wildman–Crippen LogP) is 7.71. The van der Waals surface area contributed by atoms with Crippen molar-refractivity contribution in [3.8, 4) is 11.5 Å². The highest BCUT2D eigenvalue weighted by molar-refractivity contribution is 9.10. The minimum atomic E-state index is -0.422. The lowest BCUT2D eigenvalue weighted by Crippen LogP contribution is -2.32. The number of anilines is 2. The van der Waals surface area contributed by atoms with Crippen LogP contribution in [0.15, 0.2) is 82.0 Å². The summed E-state index contributed by atoms with van der Waals surface area (Å²) in [6.45, 7) is 4.99. The Morgan fingerprint density at radius 3 is 2.02 bits per heavy atom. The van der Waals surface area contributed by atoms with Gasteiger partial charge in [-0.3, -0.25) is 9.80 Å². The molecule has 47 heavy (non-hydrogen) atoms. The highest BCUT2D eigenvalue weighted by atomic mass is 79.9. The topological polar surface area (TPSA) is 100 Å². The third-order valence-electron chi connectivity index (χ3n) is 7.13. The summed E-state index contributed by atoms with van der Waals surface area (Å²) in [6, 6.07) is 18.7. The number of hydrogen-bond donors (Lipinski definition) is 1. The Bertz CT molecular complexity index is 1680. The van der Waals surface area contributed by atoms with E-state index in [1.165, 1.54) is 22.7 Å². The van der Waals surface area contributed by atoms with Crippen LogP contribution in [0.2, 0.25) is 0 Å². The maximum Gasteiger partial charge on any atom is 0.326 e. The maximum absolute atomic E-state index is 13.1. The van der Waals surface area contributed by atoms with Crippen LogP contribution in [0.25, 0.3) is 0 Å². The number of alkyl halides is 1. The van der Waals surface area contributed by atoms with Gasteiger partial charge >= 0.3 is 12.1 Å².